The average molecular weight is 807 g/mol. The highest BCUT2D eigenvalue weighted by atomic mass is 32.2. The second-order valence-corrected chi connectivity index (χ2v) is 17.3. The Morgan fingerprint density at radius 3 is 1.37 bits per heavy atom. The molecule has 2 aromatic heterocycles. The third-order valence-corrected chi connectivity index (χ3v) is 12.1. The molecule has 2 heterocycles. The molecule has 2 amide bonds. The van der Waals surface area contributed by atoms with Crippen LogP contribution in [0.3, 0.4) is 0 Å². The van der Waals surface area contributed by atoms with Crippen LogP contribution in [0.2, 0.25) is 0 Å². The topological polar surface area (TPSA) is 203 Å². The maximum atomic E-state index is 13.6. The number of nitrogens with zero attached hydrogens (tertiary/aromatic N) is 4. The van der Waals surface area contributed by atoms with Crippen molar-refractivity contribution in [2.24, 2.45) is 0 Å². The molecule has 0 saturated heterocycles. The lowest BCUT2D eigenvalue weighted by atomic mass is 10.1. The monoisotopic (exact) mass is 806 g/mol. The zero-order valence-electron chi connectivity index (χ0n) is 31.0. The molecule has 0 atom stereocenters. The minimum absolute atomic E-state index is 0.206. The second-order valence-electron chi connectivity index (χ2n) is 14.4. The summed E-state index contributed by atoms with van der Waals surface area (Å²) in [5.74, 6) is -0.838. The Hall–Kier alpha value is -5.94. The van der Waals surface area contributed by atoms with Gasteiger partial charge in [0.15, 0.2) is 11.4 Å². The molecule has 8 rings (SSSR count). The molecule has 4 aromatic carbocycles. The Labute approximate surface area is 329 Å². The Bertz CT molecular complexity index is 2630. The van der Waals surface area contributed by atoms with Gasteiger partial charge in [0.1, 0.15) is 0 Å². The van der Waals surface area contributed by atoms with Gasteiger partial charge >= 0.3 is 0 Å². The van der Waals surface area contributed by atoms with Crippen molar-refractivity contribution in [1.82, 2.24) is 30.2 Å². The maximum absolute atomic E-state index is 13.6. The molecule has 4 N–H and O–H groups in total. The molecule has 0 spiro atoms. The molecule has 16 heteroatoms. The fourth-order valence-electron chi connectivity index (χ4n) is 7.48. The Balaban J connectivity index is 0.975. The number of fused-ring (bicyclic) bond motifs is 6. The summed E-state index contributed by atoms with van der Waals surface area (Å²) in [7, 11) is -8.92. The highest BCUT2D eigenvalue weighted by Crippen LogP contribution is 2.41. The number of carbonyl (C=O) groups is 2. The van der Waals surface area contributed by atoms with Gasteiger partial charge in [0.2, 0.25) is 0 Å². The molecule has 57 heavy (non-hydrogen) atoms. The molecule has 0 saturated carbocycles. The van der Waals surface area contributed by atoms with Crippen LogP contribution >= 0.6 is 0 Å². The third kappa shape index (κ3) is 7.51. The normalized spacial score (nSPS) is 12.8. The number of carbonyl (C=O) groups excluding carboxylic acids is 2. The molecular formula is C41H38N6O8S2. The lowest BCUT2D eigenvalue weighted by Crippen LogP contribution is -2.31. The Kier molecular flexibility index (Phi) is 9.68. The first-order valence-electron chi connectivity index (χ1n) is 18.2. The summed E-state index contributed by atoms with van der Waals surface area (Å²) in [6.07, 6.45) is 1.09. The first kappa shape index (κ1) is 38.0. The van der Waals surface area contributed by atoms with Gasteiger partial charge in [-0.3, -0.25) is 28.1 Å². The summed E-state index contributed by atoms with van der Waals surface area (Å²) in [6, 6.07) is 24.5. The lowest BCUT2D eigenvalue weighted by molar-refractivity contribution is 0.0944. The van der Waals surface area contributed by atoms with Crippen molar-refractivity contribution in [3.8, 4) is 22.5 Å². The number of aryl methyl sites for hydroxylation is 2. The zero-order valence-corrected chi connectivity index (χ0v) is 32.6. The quantitative estimate of drug-likeness (QED) is 0.0964. The SMILES string of the molecule is Cc1ccc(Cn2nc(C(=O)NCCCNC(=O)c3nn(Cc4ccc(C)cc4)c4c3Cc3ccc(S(=O)(=O)O)cc3-4)c3c2-c2cc(S(=O)(=O)O)ccc2C3)cc1. The maximum Gasteiger partial charge on any atom is 0.294 e. The number of hydrogen-bond acceptors (Lipinski definition) is 8. The van der Waals surface area contributed by atoms with E-state index in [-0.39, 0.29) is 34.3 Å². The Morgan fingerprint density at radius 2 is 1.00 bits per heavy atom. The predicted molar refractivity (Wildman–Crippen MR) is 210 cm³/mol. The molecular weight excluding hydrogens is 769 g/mol. The van der Waals surface area contributed by atoms with Crippen LogP contribution in [0.15, 0.2) is 94.7 Å². The second kappa shape index (κ2) is 14.5. The molecule has 0 unspecified atom stereocenters. The van der Waals surface area contributed by atoms with Crippen molar-refractivity contribution < 1.29 is 35.5 Å². The average Bonchev–Trinajstić information content (AvgIpc) is 3.91. The smallest absolute Gasteiger partial charge is 0.294 e. The number of aromatic nitrogens is 4. The van der Waals surface area contributed by atoms with Crippen LogP contribution in [0.5, 0.6) is 0 Å². The lowest BCUT2D eigenvalue weighted by Gasteiger charge is -2.10. The molecule has 292 valence electrons. The molecule has 6 aromatic rings. The molecule has 0 fully saturated rings. The van der Waals surface area contributed by atoms with E-state index in [9.17, 15) is 35.5 Å². The third-order valence-electron chi connectivity index (χ3n) is 10.4. The summed E-state index contributed by atoms with van der Waals surface area (Å²) in [6.45, 7) is 5.04. The van der Waals surface area contributed by atoms with E-state index in [0.29, 0.717) is 66.0 Å². The standard InChI is InChI=1S/C41H38N6O8S2/c1-24-4-8-26(9-5-24)22-46-38-32-20-30(56(50,51)52)14-12-28(32)18-34(38)36(44-46)40(48)42-16-3-17-43-41(49)37-35-19-29-13-15-31(57(53,54)55)21-33(29)39(35)47(45-37)23-27-10-6-25(2)7-11-27/h4-15,20-21H,3,16-19,22-23H2,1-2H3,(H,42,48)(H,43,49)(H,50,51,52)(H,53,54,55). The molecule has 2 aliphatic rings. The van der Waals surface area contributed by atoms with Crippen molar-refractivity contribution in [2.75, 3.05) is 13.1 Å². The van der Waals surface area contributed by atoms with Gasteiger partial charge in [-0.15, -0.1) is 0 Å². The van der Waals surface area contributed by atoms with Crippen LogP contribution in [0.1, 0.15) is 71.9 Å². The molecule has 2 aliphatic carbocycles. The van der Waals surface area contributed by atoms with Gasteiger partial charge in [-0.25, -0.2) is 0 Å². The van der Waals surface area contributed by atoms with Crippen molar-refractivity contribution in [3.05, 3.63) is 141 Å². The van der Waals surface area contributed by atoms with Gasteiger partial charge in [0.25, 0.3) is 32.1 Å². The van der Waals surface area contributed by atoms with Crippen LogP contribution < -0.4 is 10.6 Å². The number of benzene rings is 4. The molecule has 0 bridgehead atoms. The van der Waals surface area contributed by atoms with Gasteiger partial charge in [-0.05, 0) is 66.8 Å². The fraction of sp³-hybridized carbons (Fsp3) is 0.220. The molecule has 14 nitrogen and oxygen atoms in total. The summed E-state index contributed by atoms with van der Waals surface area (Å²) in [5, 5.41) is 15.2. The van der Waals surface area contributed by atoms with Gasteiger partial charge < -0.3 is 10.6 Å². The first-order chi connectivity index (χ1) is 27.1. The van der Waals surface area contributed by atoms with E-state index in [0.717, 1.165) is 33.4 Å². The van der Waals surface area contributed by atoms with Crippen LogP contribution in [0.4, 0.5) is 0 Å². The summed E-state index contributed by atoms with van der Waals surface area (Å²) >= 11 is 0. The van der Waals surface area contributed by atoms with E-state index in [1.807, 2.05) is 62.4 Å². The van der Waals surface area contributed by atoms with E-state index in [1.54, 1.807) is 21.5 Å². The number of rotatable bonds is 12. The van der Waals surface area contributed by atoms with Gasteiger partial charge in [0.05, 0.1) is 34.3 Å². The fourth-order valence-corrected chi connectivity index (χ4v) is 8.50. The largest absolute Gasteiger partial charge is 0.351 e. The van der Waals surface area contributed by atoms with Gasteiger partial charge in [-0.2, -0.15) is 27.0 Å². The molecule has 0 radical (unpaired) electrons. The van der Waals surface area contributed by atoms with Crippen molar-refractivity contribution >= 4 is 32.1 Å². The van der Waals surface area contributed by atoms with Crippen LogP contribution in [-0.4, -0.2) is 70.4 Å². The van der Waals surface area contributed by atoms with Crippen molar-refractivity contribution in [1.29, 1.82) is 0 Å². The highest BCUT2D eigenvalue weighted by Gasteiger charge is 2.33. The van der Waals surface area contributed by atoms with Crippen molar-refractivity contribution in [2.45, 2.75) is 56.0 Å². The number of amides is 2. The highest BCUT2D eigenvalue weighted by molar-refractivity contribution is 7.86. The van der Waals surface area contributed by atoms with Crippen LogP contribution in [-0.2, 0) is 46.2 Å². The summed E-state index contributed by atoms with van der Waals surface area (Å²) in [5.41, 5.74) is 9.74. The minimum atomic E-state index is -4.46. The van der Waals surface area contributed by atoms with Crippen LogP contribution in [0.25, 0.3) is 22.5 Å². The van der Waals surface area contributed by atoms with E-state index >= 15 is 0 Å². The van der Waals surface area contributed by atoms with E-state index in [2.05, 4.69) is 20.8 Å². The summed E-state index contributed by atoms with van der Waals surface area (Å²) in [4.78, 5) is 26.8. The van der Waals surface area contributed by atoms with Gasteiger partial charge in [-0.1, -0.05) is 71.8 Å². The van der Waals surface area contributed by atoms with Crippen molar-refractivity contribution in [3.63, 3.8) is 0 Å². The number of hydrogen-bond donors (Lipinski definition) is 4. The molecule has 0 aliphatic heterocycles. The van der Waals surface area contributed by atoms with Gasteiger partial charge in [0, 0.05) is 48.2 Å². The van der Waals surface area contributed by atoms with E-state index in [1.165, 1.54) is 24.3 Å². The van der Waals surface area contributed by atoms with E-state index in [4.69, 9.17) is 0 Å². The predicted octanol–water partition coefficient (Wildman–Crippen LogP) is 4.98. The zero-order chi connectivity index (χ0) is 40.2. The minimum Gasteiger partial charge on any atom is -0.351 e. The number of nitrogens with one attached hydrogen (secondary N) is 2. The summed E-state index contributed by atoms with van der Waals surface area (Å²) < 4.78 is 70.8. The van der Waals surface area contributed by atoms with E-state index < -0.39 is 32.1 Å². The van der Waals surface area contributed by atoms with Crippen LogP contribution in [0, 0.1) is 13.8 Å². The first-order valence-corrected chi connectivity index (χ1v) is 21.1. The Morgan fingerprint density at radius 1 is 0.614 bits per heavy atom.